The molecule has 22 aromatic rings. The highest BCUT2D eigenvalue weighted by Crippen LogP contribution is 2.49. The fourth-order valence-corrected chi connectivity index (χ4v) is 17.5. The minimum atomic E-state index is -0.222. The molecule has 0 aliphatic rings. The van der Waals surface area contributed by atoms with E-state index in [0.717, 1.165) is 123 Å². The number of halogens is 1. The summed E-state index contributed by atoms with van der Waals surface area (Å²) in [6.45, 7) is 0. The monoisotopic (exact) mass is 1580 g/mol. The number of fused-ring (bicyclic) bond motifs is 7. The molecule has 5 heteroatoms. The smallest absolute Gasteiger partial charge is 0.137 e. The van der Waals surface area contributed by atoms with Crippen LogP contribution in [0, 0.1) is 5.82 Å². The van der Waals surface area contributed by atoms with Gasteiger partial charge in [-0.2, -0.15) is 0 Å². The van der Waals surface area contributed by atoms with Gasteiger partial charge in [0.05, 0.1) is 5.69 Å². The lowest BCUT2D eigenvalue weighted by molar-refractivity contribution is 0.630. The number of anilines is 9. The van der Waals surface area contributed by atoms with Crippen LogP contribution in [0.15, 0.2) is 502 Å². The molecule has 0 saturated heterocycles. The lowest BCUT2D eigenvalue weighted by Crippen LogP contribution is -2.10. The molecule has 582 valence electrons. The molecule has 22 rings (SSSR count). The Morgan fingerprint density at radius 3 is 0.951 bits per heavy atom. The van der Waals surface area contributed by atoms with Gasteiger partial charge in [0.2, 0.25) is 0 Å². The summed E-state index contributed by atoms with van der Waals surface area (Å²) in [6.07, 6.45) is 0. The van der Waals surface area contributed by atoms with Crippen LogP contribution >= 0.6 is 0 Å². The summed E-state index contributed by atoms with van der Waals surface area (Å²) in [5, 5.41) is 11.6. The van der Waals surface area contributed by atoms with Gasteiger partial charge in [0.25, 0.3) is 0 Å². The first-order valence-electron chi connectivity index (χ1n) is 41.8. The third kappa shape index (κ3) is 15.4. The summed E-state index contributed by atoms with van der Waals surface area (Å²) < 4.78 is 20.6. The predicted molar refractivity (Wildman–Crippen MR) is 519 cm³/mol. The average molecular weight is 1580 g/mol. The van der Waals surface area contributed by atoms with E-state index < -0.39 is 0 Å². The molecule has 0 bridgehead atoms. The Kier molecular flexibility index (Phi) is 21.1. The maximum Gasteiger partial charge on any atom is 0.137 e. The van der Waals surface area contributed by atoms with E-state index in [4.69, 9.17) is 4.42 Å². The maximum atomic E-state index is 14.0. The third-order valence-corrected chi connectivity index (χ3v) is 23.2. The zero-order valence-electron chi connectivity index (χ0n) is 67.5. The lowest BCUT2D eigenvalue weighted by atomic mass is 9.87. The van der Waals surface area contributed by atoms with Gasteiger partial charge in [-0.25, -0.2) is 4.39 Å². The van der Waals surface area contributed by atoms with Crippen LogP contribution in [0.2, 0.25) is 0 Å². The molecule has 0 aliphatic heterocycles. The minimum Gasteiger partial charge on any atom is -0.456 e. The fourth-order valence-electron chi connectivity index (χ4n) is 17.5. The standard InChI is InChI=1S/C40H28FN.C40H27NO.C38H27N/c41-34-23-27-39-33(28-34)22-26-38(40(39)32-10-4-1-5-11-32)31-18-16-29(17-19-31)30-20-24-37(25-21-30)42(35-12-6-2-7-13-35)36-14-8-3-9-15-36;1-4-13-29(14-5-1)40-34-19-11-10-12-28(34)20-23-35(40)30-21-24-36-37-25-22-33(27-39(37)42-38(36)26-30)41(31-15-6-2-7-16-31)32-17-8-3-9-18-32;1-4-15-29(16-5-1)38-32-21-11-10-14-28(32)24-25-36(38)34-26-27-37(35-23-13-12-22-33(34)35)39(30-17-6-2-7-18-30)31-19-8-3-9-20-31/h1-28H;1-27H;1-27H. The van der Waals surface area contributed by atoms with Crippen LogP contribution in [0.3, 0.4) is 0 Å². The second kappa shape index (κ2) is 34.4. The largest absolute Gasteiger partial charge is 0.456 e. The molecule has 4 nitrogen and oxygen atoms in total. The lowest BCUT2D eigenvalue weighted by Gasteiger charge is -2.27. The van der Waals surface area contributed by atoms with E-state index in [9.17, 15) is 4.39 Å². The number of furan rings is 1. The Bertz CT molecular complexity index is 7330. The van der Waals surface area contributed by atoms with Gasteiger partial charge in [0.1, 0.15) is 17.0 Å². The SMILES string of the molecule is Fc1ccc2c(-c3ccccc3)c(-c3ccc(-c4ccc(N(c5ccccc5)c5ccccc5)cc4)cc3)ccc2c1.c1ccc(-c2c(-c3ccc(N(c4ccccc4)c4ccccc4)c4ccccc34)ccc3ccccc23)cc1.c1ccc(-c2c(-c3ccc4c(c3)oc3cc(N(c5ccccc5)c5ccccc5)ccc34)ccc3ccccc23)cc1. The van der Waals surface area contributed by atoms with E-state index in [1.165, 1.54) is 71.3 Å². The first-order chi connectivity index (χ1) is 61.0. The first kappa shape index (κ1) is 75.5. The average Bonchev–Trinajstić information content (AvgIpc) is 1.74. The number of para-hydroxylation sites is 6. The topological polar surface area (TPSA) is 22.9 Å². The molecular weight excluding hydrogens is 1490 g/mol. The summed E-state index contributed by atoms with van der Waals surface area (Å²) in [5.41, 5.74) is 28.4. The summed E-state index contributed by atoms with van der Waals surface area (Å²) >= 11 is 0. The third-order valence-electron chi connectivity index (χ3n) is 23.2. The maximum absolute atomic E-state index is 14.0. The van der Waals surface area contributed by atoms with Crippen molar-refractivity contribution in [3.63, 3.8) is 0 Å². The van der Waals surface area contributed by atoms with Crippen LogP contribution in [0.4, 0.5) is 55.6 Å². The van der Waals surface area contributed by atoms with Crippen molar-refractivity contribution >= 4 is 116 Å². The number of hydrogen-bond acceptors (Lipinski definition) is 4. The van der Waals surface area contributed by atoms with E-state index >= 15 is 0 Å². The summed E-state index contributed by atoms with van der Waals surface area (Å²) in [7, 11) is 0. The second-order valence-electron chi connectivity index (χ2n) is 30.7. The van der Waals surface area contributed by atoms with Gasteiger partial charge in [-0.15, -0.1) is 0 Å². The van der Waals surface area contributed by atoms with Crippen LogP contribution in [0.1, 0.15) is 0 Å². The molecule has 0 aliphatic carbocycles. The van der Waals surface area contributed by atoms with E-state index in [1.54, 1.807) is 12.1 Å². The van der Waals surface area contributed by atoms with Gasteiger partial charge >= 0.3 is 0 Å². The molecule has 1 heterocycles. The van der Waals surface area contributed by atoms with Crippen molar-refractivity contribution in [2.24, 2.45) is 0 Å². The van der Waals surface area contributed by atoms with Crippen LogP contribution in [-0.2, 0) is 0 Å². The Labute approximate surface area is 716 Å². The van der Waals surface area contributed by atoms with Gasteiger partial charge in [-0.05, 0) is 243 Å². The number of nitrogens with zero attached hydrogens (tertiary/aromatic N) is 3. The van der Waals surface area contributed by atoms with Crippen molar-refractivity contribution in [3.05, 3.63) is 503 Å². The summed E-state index contributed by atoms with van der Waals surface area (Å²) in [6, 6.07) is 174. The highest BCUT2D eigenvalue weighted by molar-refractivity contribution is 6.14. The van der Waals surface area contributed by atoms with Gasteiger partial charge in [0, 0.05) is 67.7 Å². The van der Waals surface area contributed by atoms with Crippen molar-refractivity contribution in [1.82, 2.24) is 0 Å². The molecule has 123 heavy (non-hydrogen) atoms. The van der Waals surface area contributed by atoms with Crippen molar-refractivity contribution in [3.8, 4) is 77.9 Å². The molecule has 0 unspecified atom stereocenters. The Hall–Kier alpha value is -16.2. The quantitative estimate of drug-likeness (QED) is 0.0962. The molecule has 0 N–H and O–H groups in total. The van der Waals surface area contributed by atoms with Crippen LogP contribution in [0.5, 0.6) is 0 Å². The first-order valence-corrected chi connectivity index (χ1v) is 41.8. The van der Waals surface area contributed by atoms with Crippen molar-refractivity contribution in [1.29, 1.82) is 0 Å². The van der Waals surface area contributed by atoms with Crippen LogP contribution in [0.25, 0.3) is 143 Å². The van der Waals surface area contributed by atoms with E-state index in [2.05, 4.69) is 445 Å². The molecule has 21 aromatic carbocycles. The van der Waals surface area contributed by atoms with Gasteiger partial charge < -0.3 is 19.1 Å². The summed E-state index contributed by atoms with van der Waals surface area (Å²) in [4.78, 5) is 6.88. The number of benzene rings is 21. The molecule has 0 spiro atoms. The second-order valence-corrected chi connectivity index (χ2v) is 30.7. The molecule has 0 amide bonds. The highest BCUT2D eigenvalue weighted by atomic mass is 19.1. The van der Waals surface area contributed by atoms with Crippen molar-refractivity contribution in [2.45, 2.75) is 0 Å². The predicted octanol–water partition coefficient (Wildman–Crippen LogP) is 33.8. The molecule has 0 radical (unpaired) electrons. The summed E-state index contributed by atoms with van der Waals surface area (Å²) in [5.74, 6) is -0.222. The van der Waals surface area contributed by atoms with Crippen LogP contribution in [-0.4, -0.2) is 0 Å². The Morgan fingerprint density at radius 2 is 0.472 bits per heavy atom. The van der Waals surface area contributed by atoms with Crippen LogP contribution < -0.4 is 14.7 Å². The number of hydrogen-bond donors (Lipinski definition) is 0. The zero-order chi connectivity index (χ0) is 82.2. The fraction of sp³-hybridized carbons (Fsp3) is 0. The minimum absolute atomic E-state index is 0.222. The zero-order valence-corrected chi connectivity index (χ0v) is 67.5. The normalized spacial score (nSPS) is 11.1. The van der Waals surface area contributed by atoms with Crippen molar-refractivity contribution < 1.29 is 8.81 Å². The number of rotatable bonds is 16. The van der Waals surface area contributed by atoms with E-state index in [0.29, 0.717) is 0 Å². The molecule has 0 fully saturated rings. The van der Waals surface area contributed by atoms with Gasteiger partial charge in [0.15, 0.2) is 0 Å². The van der Waals surface area contributed by atoms with E-state index in [1.807, 2.05) is 54.6 Å². The molecule has 0 atom stereocenters. The molecular formula is C118H82FN3O. The highest BCUT2D eigenvalue weighted by Gasteiger charge is 2.23. The van der Waals surface area contributed by atoms with Gasteiger partial charge in [-0.1, -0.05) is 364 Å². The Morgan fingerprint density at radius 1 is 0.163 bits per heavy atom. The van der Waals surface area contributed by atoms with Gasteiger partial charge in [-0.3, -0.25) is 0 Å². The molecule has 0 saturated carbocycles. The van der Waals surface area contributed by atoms with Crippen molar-refractivity contribution in [2.75, 3.05) is 14.7 Å². The Balaban J connectivity index is 0.000000117. The molecule has 1 aromatic heterocycles. The van der Waals surface area contributed by atoms with E-state index in [-0.39, 0.29) is 5.82 Å².